The topological polar surface area (TPSA) is 98.1 Å². The quantitative estimate of drug-likeness (QED) is 0.768. The van der Waals surface area contributed by atoms with Crippen molar-refractivity contribution in [3.63, 3.8) is 0 Å². The lowest BCUT2D eigenvalue weighted by atomic mass is 10.2. The van der Waals surface area contributed by atoms with Gasteiger partial charge in [-0.1, -0.05) is 22.9 Å². The third-order valence-corrected chi connectivity index (χ3v) is 5.47. The molecule has 2 rings (SSSR count). The van der Waals surface area contributed by atoms with Crippen molar-refractivity contribution in [3.8, 4) is 0 Å². The fourth-order valence-corrected chi connectivity index (χ4v) is 3.01. The molecule has 1 aromatic heterocycles. The number of amides is 1. The van der Waals surface area contributed by atoms with Crippen molar-refractivity contribution < 1.29 is 13.2 Å². The lowest BCUT2D eigenvalue weighted by molar-refractivity contribution is -0.121. The van der Waals surface area contributed by atoms with Gasteiger partial charge in [-0.25, -0.2) is 13.4 Å². The second kappa shape index (κ2) is 7.22. The first-order valence-corrected chi connectivity index (χ1v) is 9.55. The smallest absolute Gasteiger partial charge is 0.261 e. The standard InChI is InChI=1S/C14H16BrN3O4S/c1-2-23(21,22)6-5-16-13(19)8-18-9-17-12-4-3-10(15)7-11(12)14(18)20/h3-4,7,9H,2,5-6,8H2,1H3,(H,16,19). The molecule has 0 radical (unpaired) electrons. The number of hydrogen-bond donors (Lipinski definition) is 1. The van der Waals surface area contributed by atoms with Crippen LogP contribution >= 0.6 is 15.9 Å². The van der Waals surface area contributed by atoms with E-state index in [1.807, 2.05) is 0 Å². The van der Waals surface area contributed by atoms with Gasteiger partial charge in [0, 0.05) is 16.8 Å². The van der Waals surface area contributed by atoms with Crippen LogP contribution in [-0.4, -0.2) is 41.9 Å². The van der Waals surface area contributed by atoms with E-state index in [-0.39, 0.29) is 30.2 Å². The number of benzene rings is 1. The Kier molecular flexibility index (Phi) is 5.53. The third kappa shape index (κ3) is 4.61. The summed E-state index contributed by atoms with van der Waals surface area (Å²) in [5.74, 6) is -0.520. The van der Waals surface area contributed by atoms with Crippen LogP contribution in [0.5, 0.6) is 0 Å². The third-order valence-electron chi connectivity index (χ3n) is 3.28. The average molecular weight is 402 g/mol. The van der Waals surface area contributed by atoms with Gasteiger partial charge in [-0.2, -0.15) is 0 Å². The maximum Gasteiger partial charge on any atom is 0.261 e. The van der Waals surface area contributed by atoms with Gasteiger partial charge in [0.1, 0.15) is 6.54 Å². The van der Waals surface area contributed by atoms with Crippen LogP contribution in [0, 0.1) is 0 Å². The van der Waals surface area contributed by atoms with E-state index in [4.69, 9.17) is 0 Å². The van der Waals surface area contributed by atoms with E-state index in [0.29, 0.717) is 10.9 Å². The molecule has 0 aliphatic carbocycles. The zero-order chi connectivity index (χ0) is 17.0. The van der Waals surface area contributed by atoms with E-state index in [1.165, 1.54) is 10.9 Å². The molecule has 0 bridgehead atoms. The van der Waals surface area contributed by atoms with Gasteiger partial charge in [0.2, 0.25) is 5.91 Å². The number of halogens is 1. The molecule has 124 valence electrons. The second-order valence-corrected chi connectivity index (χ2v) is 8.31. The first-order chi connectivity index (χ1) is 10.8. The lowest BCUT2D eigenvalue weighted by Gasteiger charge is -2.08. The molecule has 9 heteroatoms. The lowest BCUT2D eigenvalue weighted by Crippen LogP contribution is -2.35. The summed E-state index contributed by atoms with van der Waals surface area (Å²) in [6.45, 7) is 1.37. The molecule has 7 nitrogen and oxygen atoms in total. The Hall–Kier alpha value is -1.74. The van der Waals surface area contributed by atoms with Gasteiger partial charge in [-0.05, 0) is 18.2 Å². The first kappa shape index (κ1) is 17.6. The summed E-state index contributed by atoms with van der Waals surface area (Å²) in [5, 5.41) is 2.90. The minimum atomic E-state index is -3.13. The Labute approximate surface area is 141 Å². The van der Waals surface area contributed by atoms with Gasteiger partial charge in [-0.3, -0.25) is 14.2 Å². The van der Waals surface area contributed by atoms with E-state index < -0.39 is 15.7 Å². The summed E-state index contributed by atoms with van der Waals surface area (Å²) in [6.07, 6.45) is 1.31. The van der Waals surface area contributed by atoms with Crippen molar-refractivity contribution >= 4 is 42.6 Å². The maximum atomic E-state index is 12.3. The molecule has 1 amide bonds. The number of rotatable bonds is 6. The van der Waals surface area contributed by atoms with Crippen molar-refractivity contribution in [1.82, 2.24) is 14.9 Å². The van der Waals surface area contributed by atoms with Crippen molar-refractivity contribution in [2.75, 3.05) is 18.1 Å². The Morgan fingerprint density at radius 1 is 1.39 bits per heavy atom. The van der Waals surface area contributed by atoms with E-state index in [9.17, 15) is 18.0 Å². The number of carbonyl (C=O) groups is 1. The Balaban J connectivity index is 2.08. The molecule has 0 aliphatic heterocycles. The zero-order valence-electron chi connectivity index (χ0n) is 12.5. The molecule has 0 aliphatic rings. The van der Waals surface area contributed by atoms with Gasteiger partial charge in [0.15, 0.2) is 9.84 Å². The average Bonchev–Trinajstić information content (AvgIpc) is 2.50. The number of hydrogen-bond acceptors (Lipinski definition) is 5. The van der Waals surface area contributed by atoms with Crippen LogP contribution in [0.3, 0.4) is 0 Å². The Morgan fingerprint density at radius 3 is 2.83 bits per heavy atom. The van der Waals surface area contributed by atoms with E-state index >= 15 is 0 Å². The van der Waals surface area contributed by atoms with Gasteiger partial charge in [0.05, 0.1) is 23.0 Å². The SMILES string of the molecule is CCS(=O)(=O)CCNC(=O)Cn1cnc2ccc(Br)cc2c1=O. The highest BCUT2D eigenvalue weighted by atomic mass is 79.9. The van der Waals surface area contributed by atoms with Crippen LogP contribution < -0.4 is 10.9 Å². The highest BCUT2D eigenvalue weighted by Gasteiger charge is 2.11. The fourth-order valence-electron chi connectivity index (χ4n) is 1.94. The van der Waals surface area contributed by atoms with Crippen LogP contribution in [0.1, 0.15) is 6.92 Å². The first-order valence-electron chi connectivity index (χ1n) is 6.94. The Bertz CT molecular complexity index is 893. The molecule has 1 aromatic carbocycles. The van der Waals surface area contributed by atoms with Crippen molar-refractivity contribution in [2.45, 2.75) is 13.5 Å². The maximum absolute atomic E-state index is 12.3. The molecule has 0 saturated heterocycles. The molecule has 0 atom stereocenters. The highest BCUT2D eigenvalue weighted by Crippen LogP contribution is 2.14. The minimum absolute atomic E-state index is 0.0241. The zero-order valence-corrected chi connectivity index (χ0v) is 14.9. The minimum Gasteiger partial charge on any atom is -0.354 e. The molecule has 0 unspecified atom stereocenters. The van der Waals surface area contributed by atoms with Crippen LogP contribution in [0.15, 0.2) is 33.8 Å². The number of nitrogens with one attached hydrogen (secondary N) is 1. The molecule has 2 aromatic rings. The summed E-state index contributed by atoms with van der Waals surface area (Å²) < 4.78 is 24.6. The van der Waals surface area contributed by atoms with Gasteiger partial charge < -0.3 is 5.32 Å². The summed E-state index contributed by atoms with van der Waals surface area (Å²) in [5.41, 5.74) is 0.219. The van der Waals surface area contributed by atoms with E-state index in [2.05, 4.69) is 26.2 Å². The van der Waals surface area contributed by atoms with Crippen molar-refractivity contribution in [3.05, 3.63) is 39.4 Å². The molecular weight excluding hydrogens is 386 g/mol. The highest BCUT2D eigenvalue weighted by molar-refractivity contribution is 9.10. The molecular formula is C14H16BrN3O4S. The summed E-state index contributed by atoms with van der Waals surface area (Å²) in [6, 6.07) is 5.13. The largest absolute Gasteiger partial charge is 0.354 e. The van der Waals surface area contributed by atoms with Gasteiger partial charge in [0.25, 0.3) is 5.56 Å². The van der Waals surface area contributed by atoms with Crippen molar-refractivity contribution in [2.24, 2.45) is 0 Å². The van der Waals surface area contributed by atoms with Gasteiger partial charge in [-0.15, -0.1) is 0 Å². The van der Waals surface area contributed by atoms with Crippen molar-refractivity contribution in [1.29, 1.82) is 0 Å². The van der Waals surface area contributed by atoms with E-state index in [0.717, 1.165) is 4.47 Å². The molecule has 0 saturated carbocycles. The number of aromatic nitrogens is 2. The Morgan fingerprint density at radius 2 is 2.13 bits per heavy atom. The molecule has 1 N–H and O–H groups in total. The van der Waals surface area contributed by atoms with Crippen LogP contribution in [0.25, 0.3) is 10.9 Å². The normalized spacial score (nSPS) is 11.6. The summed E-state index contributed by atoms with van der Waals surface area (Å²) in [4.78, 5) is 28.3. The molecule has 0 spiro atoms. The predicted octanol–water partition coefficient (Wildman–Crippen LogP) is 0.710. The monoisotopic (exact) mass is 401 g/mol. The van der Waals surface area contributed by atoms with Crippen LogP contribution in [0.2, 0.25) is 0 Å². The number of nitrogens with zero attached hydrogens (tertiary/aromatic N) is 2. The molecule has 1 heterocycles. The number of carbonyl (C=O) groups excluding carboxylic acids is 1. The second-order valence-electron chi connectivity index (χ2n) is 4.93. The molecule has 23 heavy (non-hydrogen) atoms. The predicted molar refractivity (Wildman–Crippen MR) is 91.0 cm³/mol. The van der Waals surface area contributed by atoms with E-state index in [1.54, 1.807) is 25.1 Å². The number of fused-ring (bicyclic) bond motifs is 1. The fraction of sp³-hybridized carbons (Fsp3) is 0.357. The molecule has 0 fully saturated rings. The summed E-state index contributed by atoms with van der Waals surface area (Å²) in [7, 11) is -3.13. The van der Waals surface area contributed by atoms with Gasteiger partial charge >= 0.3 is 0 Å². The number of sulfone groups is 1. The van der Waals surface area contributed by atoms with Crippen LogP contribution in [0.4, 0.5) is 0 Å². The van der Waals surface area contributed by atoms with Crippen LogP contribution in [-0.2, 0) is 21.2 Å². The summed E-state index contributed by atoms with van der Waals surface area (Å²) >= 11 is 3.29.